The van der Waals surface area contributed by atoms with Crippen molar-refractivity contribution in [2.24, 2.45) is 5.92 Å². The van der Waals surface area contributed by atoms with Gasteiger partial charge in [0.1, 0.15) is 11.5 Å². The molecule has 0 aromatic heterocycles. The van der Waals surface area contributed by atoms with Crippen LogP contribution < -0.4 is 19.7 Å². The lowest BCUT2D eigenvalue weighted by atomic mass is 10.1. The van der Waals surface area contributed by atoms with Gasteiger partial charge in [0.2, 0.25) is 11.8 Å². The van der Waals surface area contributed by atoms with E-state index < -0.39 is 0 Å². The van der Waals surface area contributed by atoms with Crippen molar-refractivity contribution in [1.82, 2.24) is 5.32 Å². The number of carbonyl (C=O) groups is 2. The molecule has 1 aliphatic heterocycles. The number of nitrogens with one attached hydrogen (secondary N) is 1. The molecule has 1 N–H and O–H groups in total. The number of halogens is 1. The Morgan fingerprint density at radius 2 is 2.17 bits per heavy atom. The number of carbonyl (C=O) groups excluding carboxylic acids is 2. The van der Waals surface area contributed by atoms with Crippen molar-refractivity contribution in [1.29, 1.82) is 0 Å². The molecule has 0 unspecified atom stereocenters. The molecule has 126 valence electrons. The van der Waals surface area contributed by atoms with Crippen LogP contribution in [0.5, 0.6) is 11.5 Å². The average Bonchev–Trinajstić information content (AvgIpc) is 2.96. The van der Waals surface area contributed by atoms with E-state index in [2.05, 4.69) is 5.32 Å². The molecule has 1 aromatic carbocycles. The first-order valence-electron chi connectivity index (χ1n) is 7.46. The molecule has 7 heteroatoms. The minimum Gasteiger partial charge on any atom is -0.497 e. The molecular weight excluding hydrogens is 320 g/mol. The maximum absolute atomic E-state index is 12.3. The van der Waals surface area contributed by atoms with Crippen LogP contribution in [-0.2, 0) is 9.59 Å². The average molecular weight is 341 g/mol. The van der Waals surface area contributed by atoms with Crippen molar-refractivity contribution < 1.29 is 19.1 Å². The molecule has 2 amide bonds. The number of hydrogen-bond donors (Lipinski definition) is 1. The summed E-state index contributed by atoms with van der Waals surface area (Å²) >= 11 is 5.59. The molecule has 23 heavy (non-hydrogen) atoms. The maximum Gasteiger partial charge on any atom is 0.227 e. The Balaban J connectivity index is 2.09. The van der Waals surface area contributed by atoms with Gasteiger partial charge in [-0.2, -0.15) is 0 Å². The summed E-state index contributed by atoms with van der Waals surface area (Å²) in [4.78, 5) is 26.0. The second-order valence-corrected chi connectivity index (χ2v) is 5.65. The Kier molecular flexibility index (Phi) is 6.10. The van der Waals surface area contributed by atoms with Crippen molar-refractivity contribution >= 4 is 29.1 Å². The van der Waals surface area contributed by atoms with Crippen LogP contribution in [0.1, 0.15) is 12.8 Å². The second-order valence-electron chi connectivity index (χ2n) is 5.28. The first kappa shape index (κ1) is 17.4. The minimum absolute atomic E-state index is 0.0917. The second kappa shape index (κ2) is 8.06. The molecule has 1 saturated heterocycles. The molecule has 0 saturated carbocycles. The smallest absolute Gasteiger partial charge is 0.227 e. The third-order valence-electron chi connectivity index (χ3n) is 3.78. The van der Waals surface area contributed by atoms with E-state index in [0.29, 0.717) is 42.6 Å². The molecule has 2 rings (SSSR count). The summed E-state index contributed by atoms with van der Waals surface area (Å²) in [7, 11) is 3.10. The van der Waals surface area contributed by atoms with E-state index in [1.807, 2.05) is 0 Å². The number of methoxy groups -OCH3 is 2. The summed E-state index contributed by atoms with van der Waals surface area (Å²) in [5.74, 6) is 1.13. The zero-order valence-electron chi connectivity index (χ0n) is 13.3. The van der Waals surface area contributed by atoms with E-state index in [0.717, 1.165) is 0 Å². The summed E-state index contributed by atoms with van der Waals surface area (Å²) in [5, 5.41) is 2.81. The van der Waals surface area contributed by atoms with Crippen molar-refractivity contribution in [2.75, 3.05) is 38.1 Å². The first-order valence-corrected chi connectivity index (χ1v) is 8.00. The molecule has 0 bridgehead atoms. The summed E-state index contributed by atoms with van der Waals surface area (Å²) in [6.07, 6.45) is 0.909. The van der Waals surface area contributed by atoms with Crippen LogP contribution in [0.2, 0.25) is 0 Å². The van der Waals surface area contributed by atoms with Gasteiger partial charge in [-0.05, 0) is 18.6 Å². The summed E-state index contributed by atoms with van der Waals surface area (Å²) in [5.41, 5.74) is 0.648. The summed E-state index contributed by atoms with van der Waals surface area (Å²) in [6, 6.07) is 5.25. The predicted octanol–water partition coefficient (Wildman–Crippen LogP) is 1.80. The Morgan fingerprint density at radius 1 is 1.39 bits per heavy atom. The zero-order chi connectivity index (χ0) is 16.8. The third kappa shape index (κ3) is 4.07. The number of alkyl halides is 1. The quantitative estimate of drug-likeness (QED) is 0.607. The van der Waals surface area contributed by atoms with Gasteiger partial charge >= 0.3 is 0 Å². The van der Waals surface area contributed by atoms with E-state index in [-0.39, 0.29) is 24.2 Å². The number of benzene rings is 1. The van der Waals surface area contributed by atoms with Crippen LogP contribution in [0.4, 0.5) is 5.69 Å². The fourth-order valence-electron chi connectivity index (χ4n) is 2.55. The highest BCUT2D eigenvalue weighted by molar-refractivity contribution is 6.17. The van der Waals surface area contributed by atoms with Crippen molar-refractivity contribution in [2.45, 2.75) is 12.8 Å². The van der Waals surface area contributed by atoms with E-state index in [9.17, 15) is 9.59 Å². The fraction of sp³-hybridized carbons (Fsp3) is 0.500. The van der Waals surface area contributed by atoms with Crippen molar-refractivity contribution in [3.63, 3.8) is 0 Å². The number of ether oxygens (including phenoxy) is 2. The lowest BCUT2D eigenvalue weighted by Crippen LogP contribution is -2.33. The number of amides is 2. The van der Waals surface area contributed by atoms with Gasteiger partial charge in [-0.15, -0.1) is 11.6 Å². The maximum atomic E-state index is 12.3. The molecule has 6 nitrogen and oxygen atoms in total. The van der Waals surface area contributed by atoms with Crippen LogP contribution in [0.3, 0.4) is 0 Å². The number of anilines is 1. The monoisotopic (exact) mass is 340 g/mol. The highest BCUT2D eigenvalue weighted by Gasteiger charge is 2.36. The molecule has 0 radical (unpaired) electrons. The van der Waals surface area contributed by atoms with Gasteiger partial charge in [0.25, 0.3) is 0 Å². The topological polar surface area (TPSA) is 67.9 Å². The first-order chi connectivity index (χ1) is 11.1. The summed E-state index contributed by atoms with van der Waals surface area (Å²) in [6.45, 7) is 0.868. The Morgan fingerprint density at radius 3 is 2.83 bits per heavy atom. The largest absolute Gasteiger partial charge is 0.497 e. The van der Waals surface area contributed by atoms with Gasteiger partial charge in [-0.25, -0.2) is 0 Å². The van der Waals surface area contributed by atoms with Gasteiger partial charge in [-0.1, -0.05) is 0 Å². The van der Waals surface area contributed by atoms with Gasteiger partial charge in [0.15, 0.2) is 0 Å². The van der Waals surface area contributed by atoms with Crippen LogP contribution in [-0.4, -0.2) is 45.0 Å². The van der Waals surface area contributed by atoms with Gasteiger partial charge in [-0.3, -0.25) is 9.59 Å². The van der Waals surface area contributed by atoms with Crippen LogP contribution in [0, 0.1) is 5.92 Å². The van der Waals surface area contributed by atoms with E-state index in [1.165, 1.54) is 7.11 Å². The Labute approximate surface area is 140 Å². The lowest BCUT2D eigenvalue weighted by molar-refractivity contribution is -0.126. The van der Waals surface area contributed by atoms with E-state index in [1.54, 1.807) is 30.2 Å². The number of nitrogens with zero attached hydrogens (tertiary/aromatic N) is 1. The van der Waals surface area contributed by atoms with Crippen LogP contribution >= 0.6 is 11.6 Å². The molecule has 1 aromatic rings. The zero-order valence-corrected chi connectivity index (χ0v) is 14.1. The highest BCUT2D eigenvalue weighted by Crippen LogP contribution is 2.35. The molecule has 1 heterocycles. The predicted molar refractivity (Wildman–Crippen MR) is 88.4 cm³/mol. The van der Waals surface area contributed by atoms with Crippen molar-refractivity contribution in [3.05, 3.63) is 18.2 Å². The Hall–Kier alpha value is -1.95. The minimum atomic E-state index is -0.357. The van der Waals surface area contributed by atoms with E-state index >= 15 is 0 Å². The molecule has 0 spiro atoms. The Bertz CT molecular complexity index is 579. The van der Waals surface area contributed by atoms with Gasteiger partial charge in [0.05, 0.1) is 25.8 Å². The summed E-state index contributed by atoms with van der Waals surface area (Å²) < 4.78 is 10.5. The third-order valence-corrected chi connectivity index (χ3v) is 4.05. The number of hydrogen-bond acceptors (Lipinski definition) is 4. The lowest BCUT2D eigenvalue weighted by Gasteiger charge is -2.20. The van der Waals surface area contributed by atoms with Gasteiger partial charge in [0, 0.05) is 31.5 Å². The molecule has 1 aliphatic rings. The molecule has 0 aliphatic carbocycles. The number of rotatable bonds is 7. The van der Waals surface area contributed by atoms with Gasteiger partial charge < -0.3 is 19.7 Å². The molecule has 1 fully saturated rings. The standard InChI is InChI=1S/C16H21ClN2O4/c1-22-12-4-5-13(14(9-12)23-2)19-10-11(8-15(19)20)16(21)18-7-3-6-17/h4-5,9,11H,3,6-8,10H2,1-2H3,(H,18,21)/t11-/m1/s1. The molecular formula is C16H21ClN2O4. The SMILES string of the molecule is COc1ccc(N2C[C@H](C(=O)NCCCCl)CC2=O)c(OC)c1. The van der Waals surface area contributed by atoms with Crippen molar-refractivity contribution in [3.8, 4) is 11.5 Å². The highest BCUT2D eigenvalue weighted by atomic mass is 35.5. The molecule has 1 atom stereocenters. The van der Waals surface area contributed by atoms with Crippen LogP contribution in [0.25, 0.3) is 0 Å². The van der Waals surface area contributed by atoms with Crippen LogP contribution in [0.15, 0.2) is 18.2 Å². The normalized spacial score (nSPS) is 17.3. The fourth-order valence-corrected chi connectivity index (χ4v) is 2.68. The van der Waals surface area contributed by atoms with E-state index in [4.69, 9.17) is 21.1 Å².